The molecule has 5 heteroatoms. The average Bonchev–Trinajstić information content (AvgIpc) is 2.73. The number of nitrogens with one attached hydrogen (secondary N) is 1. The molecule has 0 aliphatic heterocycles. The van der Waals surface area contributed by atoms with E-state index in [2.05, 4.69) is 11.4 Å². The molecule has 0 aliphatic carbocycles. The third-order valence-electron chi connectivity index (χ3n) is 3.06. The second-order valence-corrected chi connectivity index (χ2v) is 5.51. The van der Waals surface area contributed by atoms with Crippen LogP contribution in [0.3, 0.4) is 0 Å². The van der Waals surface area contributed by atoms with Crippen LogP contribution in [0.25, 0.3) is 0 Å². The average molecular weight is 286 g/mol. The Morgan fingerprint density at radius 3 is 2.80 bits per heavy atom. The highest BCUT2D eigenvalue weighted by Gasteiger charge is 2.15. The van der Waals surface area contributed by atoms with Crippen molar-refractivity contribution >= 4 is 22.2 Å². The molecule has 0 aliphatic rings. The van der Waals surface area contributed by atoms with Crippen LogP contribution >= 0.6 is 11.3 Å². The maximum atomic E-state index is 12.2. The minimum atomic E-state index is -0.248. The summed E-state index contributed by atoms with van der Waals surface area (Å²) < 4.78 is 5.09. The van der Waals surface area contributed by atoms with Crippen LogP contribution in [0.1, 0.15) is 26.4 Å². The van der Waals surface area contributed by atoms with Gasteiger partial charge in [0.15, 0.2) is 0 Å². The molecule has 1 amide bonds. The van der Waals surface area contributed by atoms with E-state index in [0.29, 0.717) is 21.9 Å². The van der Waals surface area contributed by atoms with E-state index >= 15 is 0 Å². The third kappa shape index (κ3) is 2.65. The van der Waals surface area contributed by atoms with E-state index in [1.807, 2.05) is 13.8 Å². The van der Waals surface area contributed by atoms with Crippen molar-refractivity contribution in [2.24, 2.45) is 0 Å². The van der Waals surface area contributed by atoms with Crippen molar-refractivity contribution in [3.8, 4) is 11.8 Å². The predicted octanol–water partition coefficient (Wildman–Crippen LogP) is 3.50. The summed E-state index contributed by atoms with van der Waals surface area (Å²) in [6.07, 6.45) is 0. The summed E-state index contributed by atoms with van der Waals surface area (Å²) >= 11 is 1.41. The third-order valence-corrected chi connectivity index (χ3v) is 4.18. The molecule has 0 spiro atoms. The molecule has 0 saturated heterocycles. The zero-order chi connectivity index (χ0) is 14.7. The maximum absolute atomic E-state index is 12.2. The monoisotopic (exact) mass is 286 g/mol. The van der Waals surface area contributed by atoms with Gasteiger partial charge in [-0.2, -0.15) is 5.26 Å². The van der Waals surface area contributed by atoms with Crippen LogP contribution < -0.4 is 10.1 Å². The Labute approximate surface area is 121 Å². The lowest BCUT2D eigenvalue weighted by Crippen LogP contribution is -2.11. The summed E-state index contributed by atoms with van der Waals surface area (Å²) in [7, 11) is 1.55. The molecule has 0 radical (unpaired) electrons. The maximum Gasteiger partial charge on any atom is 0.256 e. The molecular formula is C15H14N2O2S. The fourth-order valence-corrected chi connectivity index (χ4v) is 2.80. The van der Waals surface area contributed by atoms with Crippen LogP contribution in [0.15, 0.2) is 24.3 Å². The number of hydrogen-bond donors (Lipinski definition) is 1. The van der Waals surface area contributed by atoms with E-state index in [1.54, 1.807) is 31.4 Å². The van der Waals surface area contributed by atoms with Crippen LogP contribution in [0.5, 0.6) is 5.75 Å². The van der Waals surface area contributed by atoms with E-state index in [-0.39, 0.29) is 5.91 Å². The molecule has 1 heterocycles. The van der Waals surface area contributed by atoms with Gasteiger partial charge in [-0.05, 0) is 37.6 Å². The standard InChI is InChI=1S/C15H14N2O2S/c1-9-10(2)20-15(13(9)8-16)17-14(18)11-5-4-6-12(7-11)19-3/h4-7H,1-3H3,(H,17,18). The molecule has 1 aromatic carbocycles. The molecule has 2 rings (SSSR count). The SMILES string of the molecule is COc1cccc(C(=O)Nc2sc(C)c(C)c2C#N)c1. The number of methoxy groups -OCH3 is 1. The molecule has 0 saturated carbocycles. The first-order chi connectivity index (χ1) is 9.56. The van der Waals surface area contributed by atoms with Gasteiger partial charge in [-0.3, -0.25) is 4.79 Å². The summed E-state index contributed by atoms with van der Waals surface area (Å²) in [6, 6.07) is 9.03. The van der Waals surface area contributed by atoms with Gasteiger partial charge in [-0.25, -0.2) is 0 Å². The number of thiophene rings is 1. The topological polar surface area (TPSA) is 62.1 Å². The van der Waals surface area contributed by atoms with Crippen molar-refractivity contribution in [1.82, 2.24) is 0 Å². The Hall–Kier alpha value is -2.32. The highest BCUT2D eigenvalue weighted by molar-refractivity contribution is 7.16. The largest absolute Gasteiger partial charge is 0.497 e. The van der Waals surface area contributed by atoms with E-state index in [0.717, 1.165) is 10.4 Å². The highest BCUT2D eigenvalue weighted by atomic mass is 32.1. The van der Waals surface area contributed by atoms with Crippen molar-refractivity contribution < 1.29 is 9.53 Å². The molecule has 0 fully saturated rings. The van der Waals surface area contributed by atoms with Gasteiger partial charge in [0, 0.05) is 10.4 Å². The molecule has 2 aromatic rings. The van der Waals surface area contributed by atoms with Gasteiger partial charge in [0.1, 0.15) is 16.8 Å². The molecule has 1 aromatic heterocycles. The summed E-state index contributed by atoms with van der Waals surface area (Å²) in [5, 5.41) is 12.5. The summed E-state index contributed by atoms with van der Waals surface area (Å²) in [4.78, 5) is 13.2. The zero-order valence-electron chi connectivity index (χ0n) is 11.5. The van der Waals surface area contributed by atoms with Crippen LogP contribution in [-0.4, -0.2) is 13.0 Å². The van der Waals surface area contributed by atoms with Crippen molar-refractivity contribution in [3.05, 3.63) is 45.8 Å². The second kappa shape index (κ2) is 5.76. The Balaban J connectivity index is 2.28. The number of benzene rings is 1. The lowest BCUT2D eigenvalue weighted by atomic mass is 10.1. The van der Waals surface area contributed by atoms with Crippen molar-refractivity contribution in [3.63, 3.8) is 0 Å². The summed E-state index contributed by atoms with van der Waals surface area (Å²) in [6.45, 7) is 3.81. The number of hydrogen-bond acceptors (Lipinski definition) is 4. The minimum Gasteiger partial charge on any atom is -0.497 e. The first-order valence-corrected chi connectivity index (χ1v) is 6.84. The van der Waals surface area contributed by atoms with Gasteiger partial charge >= 0.3 is 0 Å². The van der Waals surface area contributed by atoms with Crippen molar-refractivity contribution in [2.45, 2.75) is 13.8 Å². The summed E-state index contributed by atoms with van der Waals surface area (Å²) in [5.41, 5.74) is 1.94. The Morgan fingerprint density at radius 1 is 1.40 bits per heavy atom. The smallest absolute Gasteiger partial charge is 0.256 e. The molecule has 0 unspecified atom stereocenters. The highest BCUT2D eigenvalue weighted by Crippen LogP contribution is 2.32. The Bertz CT molecular complexity index is 698. The van der Waals surface area contributed by atoms with Crippen LogP contribution in [0.2, 0.25) is 0 Å². The normalized spacial score (nSPS) is 9.90. The number of carbonyl (C=O) groups is 1. The van der Waals surface area contributed by atoms with Gasteiger partial charge in [0.25, 0.3) is 5.91 Å². The zero-order valence-corrected chi connectivity index (χ0v) is 12.3. The lowest BCUT2D eigenvalue weighted by molar-refractivity contribution is 0.102. The Morgan fingerprint density at radius 2 is 2.15 bits per heavy atom. The molecule has 1 N–H and O–H groups in total. The second-order valence-electron chi connectivity index (χ2n) is 4.29. The van der Waals surface area contributed by atoms with Crippen molar-refractivity contribution in [2.75, 3.05) is 12.4 Å². The van der Waals surface area contributed by atoms with Gasteiger partial charge in [0.2, 0.25) is 0 Å². The molecular weight excluding hydrogens is 272 g/mol. The van der Waals surface area contributed by atoms with Gasteiger partial charge in [-0.15, -0.1) is 11.3 Å². The van der Waals surface area contributed by atoms with Crippen LogP contribution in [0.4, 0.5) is 5.00 Å². The van der Waals surface area contributed by atoms with Gasteiger partial charge in [0.05, 0.1) is 12.7 Å². The molecule has 4 nitrogen and oxygen atoms in total. The number of nitrogens with zero attached hydrogens (tertiary/aromatic N) is 1. The van der Waals surface area contributed by atoms with E-state index in [4.69, 9.17) is 10.00 Å². The minimum absolute atomic E-state index is 0.248. The molecule has 0 bridgehead atoms. The van der Waals surface area contributed by atoms with Crippen LogP contribution in [0, 0.1) is 25.2 Å². The number of aryl methyl sites for hydroxylation is 1. The quantitative estimate of drug-likeness (QED) is 0.939. The lowest BCUT2D eigenvalue weighted by Gasteiger charge is -2.05. The first-order valence-electron chi connectivity index (χ1n) is 6.02. The predicted molar refractivity (Wildman–Crippen MR) is 79.5 cm³/mol. The number of amides is 1. The van der Waals surface area contributed by atoms with Crippen LogP contribution in [-0.2, 0) is 0 Å². The van der Waals surface area contributed by atoms with E-state index in [9.17, 15) is 4.79 Å². The first kappa shape index (κ1) is 14.1. The number of anilines is 1. The van der Waals surface area contributed by atoms with Gasteiger partial charge in [-0.1, -0.05) is 6.07 Å². The van der Waals surface area contributed by atoms with E-state index < -0.39 is 0 Å². The molecule has 102 valence electrons. The number of carbonyl (C=O) groups excluding carboxylic acids is 1. The van der Waals surface area contributed by atoms with E-state index in [1.165, 1.54) is 11.3 Å². The fraction of sp³-hybridized carbons (Fsp3) is 0.200. The summed E-state index contributed by atoms with van der Waals surface area (Å²) in [5.74, 6) is 0.373. The molecule has 20 heavy (non-hydrogen) atoms. The number of rotatable bonds is 3. The number of ether oxygens (including phenoxy) is 1. The Kier molecular flexibility index (Phi) is 4.06. The van der Waals surface area contributed by atoms with Gasteiger partial charge < -0.3 is 10.1 Å². The molecule has 0 atom stereocenters. The van der Waals surface area contributed by atoms with Crippen molar-refractivity contribution in [1.29, 1.82) is 5.26 Å². The number of nitriles is 1. The fourth-order valence-electron chi connectivity index (χ4n) is 1.79.